The van der Waals surface area contributed by atoms with Crippen LogP contribution in [-0.2, 0) is 9.84 Å². The largest absolute Gasteiger partial charge is 0.329 e. The number of sulfone groups is 1. The molecule has 0 bridgehead atoms. The standard InChI is InChI=1S/C6H15ClN2O2S.2ClH/c1-6(7)12(10,11)5-4-9-3-2-8;;/h6,9H,2-5,8H2,1H3;2*1H. The van der Waals surface area contributed by atoms with Crippen molar-refractivity contribution in [2.24, 2.45) is 5.73 Å². The number of halogens is 3. The second kappa shape index (κ2) is 10.3. The Labute approximate surface area is 103 Å². The van der Waals surface area contributed by atoms with E-state index in [0.717, 1.165) is 0 Å². The number of alkyl halides is 1. The van der Waals surface area contributed by atoms with Crippen molar-refractivity contribution in [3.05, 3.63) is 0 Å². The highest BCUT2D eigenvalue weighted by atomic mass is 35.5. The van der Waals surface area contributed by atoms with Crippen LogP contribution < -0.4 is 11.1 Å². The Hall–Kier alpha value is 0.740. The van der Waals surface area contributed by atoms with Crippen LogP contribution in [0.3, 0.4) is 0 Å². The molecular weight excluding hydrogens is 271 g/mol. The molecule has 0 aromatic heterocycles. The first kappa shape index (κ1) is 20.2. The molecule has 0 spiro atoms. The van der Waals surface area contributed by atoms with Gasteiger partial charge in [-0.2, -0.15) is 0 Å². The van der Waals surface area contributed by atoms with Gasteiger partial charge >= 0.3 is 0 Å². The van der Waals surface area contributed by atoms with Crippen molar-refractivity contribution in [3.8, 4) is 0 Å². The Morgan fingerprint density at radius 3 is 2.21 bits per heavy atom. The van der Waals surface area contributed by atoms with Gasteiger partial charge in [0.25, 0.3) is 0 Å². The fourth-order valence-corrected chi connectivity index (χ4v) is 1.62. The molecule has 0 aliphatic heterocycles. The second-order valence-electron chi connectivity index (χ2n) is 2.45. The van der Waals surface area contributed by atoms with Gasteiger partial charge in [-0.25, -0.2) is 8.42 Å². The van der Waals surface area contributed by atoms with Crippen molar-refractivity contribution < 1.29 is 8.42 Å². The van der Waals surface area contributed by atoms with E-state index in [1.54, 1.807) is 0 Å². The van der Waals surface area contributed by atoms with Gasteiger partial charge in [-0.3, -0.25) is 0 Å². The summed E-state index contributed by atoms with van der Waals surface area (Å²) in [5, 5.41) is 2.88. The molecule has 0 amide bonds. The normalized spacial score (nSPS) is 12.5. The maximum Gasteiger partial charge on any atom is 0.168 e. The number of hydrogen-bond donors (Lipinski definition) is 2. The third-order valence-electron chi connectivity index (χ3n) is 1.38. The molecule has 1 unspecified atom stereocenters. The summed E-state index contributed by atoms with van der Waals surface area (Å²) in [4.78, 5) is 0. The maximum absolute atomic E-state index is 11.1. The van der Waals surface area contributed by atoms with Crippen LogP contribution in [0.15, 0.2) is 0 Å². The van der Waals surface area contributed by atoms with E-state index in [-0.39, 0.29) is 30.6 Å². The number of rotatable bonds is 6. The molecule has 14 heavy (non-hydrogen) atoms. The SMILES string of the molecule is CC(Cl)S(=O)(=O)CCNCCN.Cl.Cl. The second-order valence-corrected chi connectivity index (χ2v) is 5.80. The molecule has 1 atom stereocenters. The number of hydrogen-bond acceptors (Lipinski definition) is 4. The van der Waals surface area contributed by atoms with E-state index in [0.29, 0.717) is 19.6 Å². The molecule has 0 aromatic rings. The van der Waals surface area contributed by atoms with Crippen molar-refractivity contribution >= 4 is 46.3 Å². The first-order valence-electron chi connectivity index (χ1n) is 3.77. The van der Waals surface area contributed by atoms with Crippen LogP contribution in [0.4, 0.5) is 0 Å². The summed E-state index contributed by atoms with van der Waals surface area (Å²) >= 11 is 5.44. The van der Waals surface area contributed by atoms with Crippen LogP contribution >= 0.6 is 36.4 Å². The van der Waals surface area contributed by atoms with E-state index in [9.17, 15) is 8.42 Å². The zero-order valence-electron chi connectivity index (χ0n) is 7.90. The summed E-state index contributed by atoms with van der Waals surface area (Å²) in [5.41, 5.74) is 5.20. The minimum Gasteiger partial charge on any atom is -0.329 e. The molecule has 0 saturated heterocycles. The fourth-order valence-electron chi connectivity index (χ4n) is 0.604. The molecule has 4 nitrogen and oxygen atoms in total. The summed E-state index contributed by atoms with van der Waals surface area (Å²) in [5.74, 6) is 0.0671. The molecule has 0 saturated carbocycles. The van der Waals surface area contributed by atoms with Gasteiger partial charge in [-0.15, -0.1) is 36.4 Å². The molecule has 3 N–H and O–H groups in total. The van der Waals surface area contributed by atoms with Crippen LogP contribution in [0.5, 0.6) is 0 Å². The predicted octanol–water partition coefficient (Wildman–Crippen LogP) is 0.378. The van der Waals surface area contributed by atoms with Crippen LogP contribution in [0.25, 0.3) is 0 Å². The lowest BCUT2D eigenvalue weighted by atomic mass is 10.6. The summed E-state index contributed by atoms with van der Waals surface area (Å²) < 4.78 is 21.4. The lowest BCUT2D eigenvalue weighted by Gasteiger charge is -2.06. The molecule has 0 radical (unpaired) electrons. The Kier molecular flexibility index (Phi) is 14.8. The van der Waals surface area contributed by atoms with Crippen molar-refractivity contribution in [2.75, 3.05) is 25.4 Å². The molecule has 0 aromatic carbocycles. The molecule has 90 valence electrons. The fraction of sp³-hybridized carbons (Fsp3) is 1.00. The Bertz CT molecular complexity index is 209. The van der Waals surface area contributed by atoms with Gasteiger partial charge in [0.1, 0.15) is 4.71 Å². The first-order chi connectivity index (χ1) is 5.50. The predicted molar refractivity (Wildman–Crippen MR) is 65.5 cm³/mol. The summed E-state index contributed by atoms with van der Waals surface area (Å²) in [6.07, 6.45) is 0. The van der Waals surface area contributed by atoms with Crippen molar-refractivity contribution in [1.82, 2.24) is 5.32 Å². The quantitative estimate of drug-likeness (QED) is 0.547. The van der Waals surface area contributed by atoms with Crippen molar-refractivity contribution in [3.63, 3.8) is 0 Å². The Morgan fingerprint density at radius 2 is 1.86 bits per heavy atom. The molecule has 0 aliphatic carbocycles. The zero-order valence-corrected chi connectivity index (χ0v) is 11.1. The minimum absolute atomic E-state index is 0. The van der Waals surface area contributed by atoms with Crippen LogP contribution in [0, 0.1) is 0 Å². The average molecular weight is 288 g/mol. The lowest BCUT2D eigenvalue weighted by molar-refractivity contribution is 0.589. The topological polar surface area (TPSA) is 72.2 Å². The van der Waals surface area contributed by atoms with Crippen molar-refractivity contribution in [2.45, 2.75) is 11.6 Å². The Morgan fingerprint density at radius 1 is 1.36 bits per heavy atom. The molecule has 0 heterocycles. The Balaban J connectivity index is -0.000000605. The maximum atomic E-state index is 11.1. The number of nitrogens with two attached hydrogens (primary N) is 1. The minimum atomic E-state index is -3.12. The molecular formula is C6H17Cl3N2O2S. The highest BCUT2D eigenvalue weighted by molar-refractivity contribution is 7.93. The third kappa shape index (κ3) is 9.30. The van der Waals surface area contributed by atoms with Gasteiger partial charge in [-0.1, -0.05) is 0 Å². The van der Waals surface area contributed by atoms with Crippen LogP contribution in [0.1, 0.15) is 6.92 Å². The van der Waals surface area contributed by atoms with E-state index < -0.39 is 14.5 Å². The zero-order chi connectivity index (χ0) is 9.61. The van der Waals surface area contributed by atoms with Crippen LogP contribution in [0.2, 0.25) is 0 Å². The third-order valence-corrected chi connectivity index (χ3v) is 3.96. The molecule has 0 fully saturated rings. The van der Waals surface area contributed by atoms with Gasteiger partial charge in [-0.05, 0) is 6.92 Å². The van der Waals surface area contributed by atoms with E-state index in [1.807, 2.05) is 0 Å². The van der Waals surface area contributed by atoms with E-state index in [2.05, 4.69) is 5.32 Å². The van der Waals surface area contributed by atoms with Gasteiger partial charge in [0.2, 0.25) is 0 Å². The summed E-state index contributed by atoms with van der Waals surface area (Å²) in [7, 11) is -3.12. The average Bonchev–Trinajstić information content (AvgIpc) is 1.98. The van der Waals surface area contributed by atoms with Gasteiger partial charge in [0, 0.05) is 19.6 Å². The van der Waals surface area contributed by atoms with E-state index in [1.165, 1.54) is 6.92 Å². The molecule has 8 heteroatoms. The highest BCUT2D eigenvalue weighted by Crippen LogP contribution is 2.04. The summed E-state index contributed by atoms with van der Waals surface area (Å²) in [6.45, 7) is 3.01. The van der Waals surface area contributed by atoms with Gasteiger partial charge in [0.15, 0.2) is 9.84 Å². The van der Waals surface area contributed by atoms with Crippen LogP contribution in [-0.4, -0.2) is 38.5 Å². The van der Waals surface area contributed by atoms with Gasteiger partial charge in [0.05, 0.1) is 5.75 Å². The molecule has 0 rings (SSSR count). The van der Waals surface area contributed by atoms with Crippen molar-refractivity contribution in [1.29, 1.82) is 0 Å². The first-order valence-corrected chi connectivity index (χ1v) is 5.92. The monoisotopic (exact) mass is 286 g/mol. The molecule has 0 aliphatic rings. The summed E-state index contributed by atoms with van der Waals surface area (Å²) in [6, 6.07) is 0. The highest BCUT2D eigenvalue weighted by Gasteiger charge is 2.16. The lowest BCUT2D eigenvalue weighted by Crippen LogP contribution is -2.29. The van der Waals surface area contributed by atoms with Gasteiger partial charge < -0.3 is 11.1 Å². The smallest absolute Gasteiger partial charge is 0.168 e. The van der Waals surface area contributed by atoms with E-state index in [4.69, 9.17) is 17.3 Å². The number of nitrogens with one attached hydrogen (secondary N) is 1. The van der Waals surface area contributed by atoms with E-state index >= 15 is 0 Å².